The van der Waals surface area contributed by atoms with Crippen molar-refractivity contribution >= 4 is 5.97 Å². The van der Waals surface area contributed by atoms with Crippen LogP contribution in [0.4, 0.5) is 8.78 Å². The van der Waals surface area contributed by atoms with E-state index in [9.17, 15) is 9.18 Å². The lowest BCUT2D eigenvalue weighted by atomic mass is 9.76. The number of benzene rings is 1. The third-order valence-corrected chi connectivity index (χ3v) is 3.79. The Kier molecular flexibility index (Phi) is 4.58. The van der Waals surface area contributed by atoms with E-state index in [-0.39, 0.29) is 19.8 Å². The van der Waals surface area contributed by atoms with Crippen LogP contribution in [-0.4, -0.2) is 37.6 Å². The van der Waals surface area contributed by atoms with Crippen LogP contribution in [0.2, 0.25) is 0 Å². The highest BCUT2D eigenvalue weighted by atomic mass is 19.2. The summed E-state index contributed by atoms with van der Waals surface area (Å²) < 4.78 is 38.8. The highest BCUT2D eigenvalue weighted by Gasteiger charge is 2.57. The minimum Gasteiger partial charge on any atom is -0.464 e. The predicted molar refractivity (Wildman–Crippen MR) is 73.1 cm³/mol. The molecule has 3 atom stereocenters. The molecule has 6 heteroatoms. The van der Waals surface area contributed by atoms with Crippen LogP contribution in [0.15, 0.2) is 30.3 Å². The van der Waals surface area contributed by atoms with Crippen molar-refractivity contribution < 1.29 is 23.0 Å². The highest BCUT2D eigenvalue weighted by molar-refractivity contribution is 5.74. The first-order valence-electron chi connectivity index (χ1n) is 6.85. The first kappa shape index (κ1) is 15.9. The number of hydrogen-bond acceptors (Lipinski definition) is 4. The third-order valence-electron chi connectivity index (χ3n) is 3.79. The summed E-state index contributed by atoms with van der Waals surface area (Å²) in [5, 5.41) is 0. The van der Waals surface area contributed by atoms with E-state index in [0.29, 0.717) is 5.56 Å². The summed E-state index contributed by atoms with van der Waals surface area (Å²) in [5.74, 6) is -1.07. The average molecular weight is 299 g/mol. The number of rotatable bonds is 5. The second-order valence-corrected chi connectivity index (χ2v) is 5.22. The molecule has 116 valence electrons. The minimum atomic E-state index is -2.17. The van der Waals surface area contributed by atoms with Crippen LogP contribution < -0.4 is 5.73 Å². The molecule has 21 heavy (non-hydrogen) atoms. The monoisotopic (exact) mass is 299 g/mol. The van der Waals surface area contributed by atoms with Gasteiger partial charge >= 0.3 is 5.97 Å². The molecule has 4 nitrogen and oxygen atoms in total. The number of halogens is 2. The van der Waals surface area contributed by atoms with Crippen LogP contribution >= 0.6 is 0 Å². The van der Waals surface area contributed by atoms with Gasteiger partial charge in [0.1, 0.15) is 5.54 Å². The van der Waals surface area contributed by atoms with Crippen LogP contribution in [0.3, 0.4) is 0 Å². The summed E-state index contributed by atoms with van der Waals surface area (Å²) in [7, 11) is 0. The lowest BCUT2D eigenvalue weighted by molar-refractivity contribution is -0.151. The number of hydrogen-bond donors (Lipinski definition) is 1. The quantitative estimate of drug-likeness (QED) is 0.843. The molecule has 1 aromatic rings. The minimum absolute atomic E-state index is 0.0431. The lowest BCUT2D eigenvalue weighted by Gasteiger charge is -2.36. The van der Waals surface area contributed by atoms with Gasteiger partial charge in [0.25, 0.3) is 0 Å². The van der Waals surface area contributed by atoms with Gasteiger partial charge in [0.05, 0.1) is 19.8 Å². The summed E-state index contributed by atoms with van der Waals surface area (Å²) in [5.41, 5.74) is 3.03. The van der Waals surface area contributed by atoms with Crippen LogP contribution in [0.5, 0.6) is 0 Å². The summed E-state index contributed by atoms with van der Waals surface area (Å²) in [6.45, 7) is 1.19. The number of carbonyl (C=O) groups is 1. The van der Waals surface area contributed by atoms with Crippen LogP contribution in [0.1, 0.15) is 18.9 Å². The van der Waals surface area contributed by atoms with Gasteiger partial charge in [-0.3, -0.25) is 0 Å². The molecule has 1 saturated heterocycles. The maximum atomic E-state index is 15.2. The van der Waals surface area contributed by atoms with Gasteiger partial charge in [-0.2, -0.15) is 0 Å². The first-order valence-corrected chi connectivity index (χ1v) is 6.85. The molecule has 0 radical (unpaired) electrons. The van der Waals surface area contributed by atoms with E-state index in [1.54, 1.807) is 37.3 Å². The zero-order valence-corrected chi connectivity index (χ0v) is 11.9. The third kappa shape index (κ3) is 2.91. The van der Waals surface area contributed by atoms with E-state index >= 15 is 4.39 Å². The van der Waals surface area contributed by atoms with Gasteiger partial charge < -0.3 is 15.2 Å². The molecule has 0 aromatic heterocycles. The van der Waals surface area contributed by atoms with Crippen molar-refractivity contribution in [2.24, 2.45) is 5.73 Å². The smallest absolute Gasteiger partial charge is 0.340 e. The Morgan fingerprint density at radius 2 is 2.10 bits per heavy atom. The van der Waals surface area contributed by atoms with E-state index < -0.39 is 29.8 Å². The van der Waals surface area contributed by atoms with E-state index in [1.165, 1.54) is 0 Å². The topological polar surface area (TPSA) is 61.5 Å². The van der Waals surface area contributed by atoms with E-state index in [1.807, 2.05) is 0 Å². The molecule has 1 fully saturated rings. The Labute approximate surface area is 122 Å². The fourth-order valence-corrected chi connectivity index (χ4v) is 2.55. The Balaban J connectivity index is 2.22. The van der Waals surface area contributed by atoms with Gasteiger partial charge in [-0.1, -0.05) is 30.3 Å². The molecule has 1 aliphatic heterocycles. The normalized spacial score (nSPS) is 30.1. The standard InChI is InChI=1S/C15H19F2NO3/c1-2-21-13(19)12(16)8-14(17)9-20-10-15(14,18)11-6-4-3-5-7-11/h3-7,12H,2,8-10,18H2,1H3/t12?,14-,15+/m0/s1. The first-order chi connectivity index (χ1) is 9.93. The Morgan fingerprint density at radius 3 is 2.71 bits per heavy atom. The molecular formula is C15H19F2NO3. The second-order valence-electron chi connectivity index (χ2n) is 5.22. The van der Waals surface area contributed by atoms with Crippen LogP contribution in [-0.2, 0) is 19.8 Å². The molecule has 0 bridgehead atoms. The van der Waals surface area contributed by atoms with Gasteiger partial charge in [-0.25, -0.2) is 13.6 Å². The fourth-order valence-electron chi connectivity index (χ4n) is 2.55. The van der Waals surface area contributed by atoms with E-state index in [2.05, 4.69) is 4.74 Å². The summed E-state index contributed by atoms with van der Waals surface area (Å²) in [6.07, 6.45) is -2.75. The molecule has 0 amide bonds. The van der Waals surface area contributed by atoms with Crippen molar-refractivity contribution in [2.45, 2.75) is 30.7 Å². The van der Waals surface area contributed by atoms with Crippen molar-refractivity contribution in [1.29, 1.82) is 0 Å². The molecule has 1 aromatic carbocycles. The average Bonchev–Trinajstić information content (AvgIpc) is 2.76. The zero-order chi connectivity index (χ0) is 15.5. The molecule has 0 spiro atoms. The summed E-state index contributed by atoms with van der Waals surface area (Å²) >= 11 is 0. The SMILES string of the molecule is CCOC(=O)C(F)C[C@]1(F)COC[C@@]1(N)c1ccccc1. The Bertz CT molecular complexity index is 499. The van der Waals surface area contributed by atoms with Crippen molar-refractivity contribution in [1.82, 2.24) is 0 Å². The number of esters is 1. The van der Waals surface area contributed by atoms with Crippen LogP contribution in [0.25, 0.3) is 0 Å². The molecule has 0 aliphatic carbocycles. The van der Waals surface area contributed by atoms with Gasteiger partial charge in [-0.15, -0.1) is 0 Å². The van der Waals surface area contributed by atoms with Gasteiger partial charge in [0.15, 0.2) is 5.67 Å². The largest absolute Gasteiger partial charge is 0.464 e. The van der Waals surface area contributed by atoms with E-state index in [4.69, 9.17) is 10.5 Å². The number of ether oxygens (including phenoxy) is 2. The molecule has 0 saturated carbocycles. The van der Waals surface area contributed by atoms with Gasteiger partial charge in [0, 0.05) is 6.42 Å². The summed E-state index contributed by atoms with van der Waals surface area (Å²) in [4.78, 5) is 11.4. The zero-order valence-electron chi connectivity index (χ0n) is 11.9. The van der Waals surface area contributed by atoms with Crippen LogP contribution in [0, 0.1) is 0 Å². The van der Waals surface area contributed by atoms with Gasteiger partial charge in [-0.05, 0) is 12.5 Å². The number of carbonyl (C=O) groups excluding carboxylic acids is 1. The Hall–Kier alpha value is -1.53. The lowest BCUT2D eigenvalue weighted by Crippen LogP contribution is -2.56. The van der Waals surface area contributed by atoms with Crippen molar-refractivity contribution in [2.75, 3.05) is 19.8 Å². The maximum absolute atomic E-state index is 15.2. The van der Waals surface area contributed by atoms with Gasteiger partial charge in [0.2, 0.25) is 6.17 Å². The molecule has 2 rings (SSSR count). The van der Waals surface area contributed by atoms with Crippen molar-refractivity contribution in [3.8, 4) is 0 Å². The molecular weight excluding hydrogens is 280 g/mol. The second kappa shape index (κ2) is 6.07. The predicted octanol–water partition coefficient (Wildman–Crippen LogP) is 1.87. The van der Waals surface area contributed by atoms with E-state index in [0.717, 1.165) is 0 Å². The molecule has 2 N–H and O–H groups in total. The maximum Gasteiger partial charge on any atom is 0.340 e. The molecule has 1 unspecified atom stereocenters. The summed E-state index contributed by atoms with van der Waals surface area (Å²) in [6, 6.07) is 8.56. The molecule has 1 heterocycles. The number of nitrogens with two attached hydrogens (primary N) is 1. The fraction of sp³-hybridized carbons (Fsp3) is 0.533. The van der Waals surface area contributed by atoms with Crippen molar-refractivity contribution in [3.63, 3.8) is 0 Å². The number of alkyl halides is 2. The highest BCUT2D eigenvalue weighted by Crippen LogP contribution is 2.43. The molecule has 1 aliphatic rings. The van der Waals surface area contributed by atoms with Crippen molar-refractivity contribution in [3.05, 3.63) is 35.9 Å². The Morgan fingerprint density at radius 1 is 1.43 bits per heavy atom.